The third-order valence-corrected chi connectivity index (χ3v) is 1.82. The molecular weight excluding hydrogens is 108 g/mol. The Morgan fingerprint density at radius 3 is 3.00 bits per heavy atom. The van der Waals surface area contributed by atoms with E-state index in [1.165, 1.54) is 0 Å². The molecule has 0 fully saturated rings. The molecule has 0 unspecified atom stereocenters. The molecule has 1 aliphatic heterocycles. The molecule has 0 aromatic rings. The molecule has 1 heterocycles. The lowest BCUT2D eigenvalue weighted by atomic mass is 10.3. The number of rotatable bonds is 1. The lowest BCUT2D eigenvalue weighted by Gasteiger charge is -1.79. The first-order chi connectivity index (χ1) is 3.43. The van der Waals surface area contributed by atoms with Gasteiger partial charge in [0.1, 0.15) is 6.29 Å². The zero-order chi connectivity index (χ0) is 5.11. The second kappa shape index (κ2) is 2.17. The van der Waals surface area contributed by atoms with Gasteiger partial charge >= 0.3 is 0 Å². The Kier molecular flexibility index (Phi) is 1.52. The highest BCUT2D eigenvalue weighted by atomic mass is 32.2. The van der Waals surface area contributed by atoms with Crippen LogP contribution in [0.5, 0.6) is 0 Å². The van der Waals surface area contributed by atoms with Crippen LogP contribution in [-0.4, -0.2) is 17.8 Å². The molecule has 38 valence electrons. The van der Waals surface area contributed by atoms with Crippen molar-refractivity contribution in [3.05, 3.63) is 11.6 Å². The maximum atomic E-state index is 9.93. The highest BCUT2D eigenvalue weighted by Gasteiger charge is 2.00. The van der Waals surface area contributed by atoms with E-state index in [0.29, 0.717) is 0 Å². The third-order valence-electron chi connectivity index (χ3n) is 0.883. The molecule has 1 rings (SSSR count). The van der Waals surface area contributed by atoms with Crippen molar-refractivity contribution in [2.75, 3.05) is 11.5 Å². The predicted molar refractivity (Wildman–Crippen MR) is 31.5 cm³/mol. The van der Waals surface area contributed by atoms with E-state index in [4.69, 9.17) is 0 Å². The summed E-state index contributed by atoms with van der Waals surface area (Å²) < 4.78 is 0. The van der Waals surface area contributed by atoms with E-state index in [2.05, 4.69) is 0 Å². The van der Waals surface area contributed by atoms with Gasteiger partial charge in [0.15, 0.2) is 0 Å². The first-order valence-electron chi connectivity index (χ1n) is 2.15. The Balaban J connectivity index is 2.51. The van der Waals surface area contributed by atoms with Gasteiger partial charge in [-0.25, -0.2) is 0 Å². The Morgan fingerprint density at radius 2 is 2.71 bits per heavy atom. The molecule has 0 bridgehead atoms. The van der Waals surface area contributed by atoms with Crippen LogP contribution in [0.2, 0.25) is 0 Å². The van der Waals surface area contributed by atoms with Gasteiger partial charge in [-0.15, -0.1) is 0 Å². The van der Waals surface area contributed by atoms with Crippen molar-refractivity contribution in [1.29, 1.82) is 0 Å². The molecule has 7 heavy (non-hydrogen) atoms. The lowest BCUT2D eigenvalue weighted by molar-refractivity contribution is -0.104. The number of aldehydes is 1. The Bertz CT molecular complexity index is 107. The van der Waals surface area contributed by atoms with E-state index in [1.54, 1.807) is 11.8 Å². The Hall–Kier alpha value is -0.240. The van der Waals surface area contributed by atoms with E-state index < -0.39 is 0 Å². The van der Waals surface area contributed by atoms with Crippen LogP contribution < -0.4 is 0 Å². The van der Waals surface area contributed by atoms with Crippen molar-refractivity contribution >= 4 is 18.0 Å². The van der Waals surface area contributed by atoms with Crippen molar-refractivity contribution in [3.8, 4) is 0 Å². The van der Waals surface area contributed by atoms with Crippen LogP contribution in [0, 0.1) is 0 Å². The molecule has 0 aromatic heterocycles. The zero-order valence-corrected chi connectivity index (χ0v) is 4.70. The van der Waals surface area contributed by atoms with Crippen LogP contribution in [-0.2, 0) is 4.79 Å². The summed E-state index contributed by atoms with van der Waals surface area (Å²) in [7, 11) is 0. The molecule has 0 radical (unpaired) electrons. The molecule has 0 atom stereocenters. The summed E-state index contributed by atoms with van der Waals surface area (Å²) in [6.07, 6.45) is 2.90. The molecular formula is C5H6OS. The van der Waals surface area contributed by atoms with Gasteiger partial charge in [-0.1, -0.05) is 6.08 Å². The number of thioether (sulfide) groups is 1. The average Bonchev–Trinajstić information content (AvgIpc) is 2.14. The highest BCUT2D eigenvalue weighted by molar-refractivity contribution is 7.99. The fraction of sp³-hybridized carbons (Fsp3) is 0.400. The average molecular weight is 114 g/mol. The van der Waals surface area contributed by atoms with E-state index >= 15 is 0 Å². The summed E-state index contributed by atoms with van der Waals surface area (Å²) in [5, 5.41) is 0. The van der Waals surface area contributed by atoms with Gasteiger partial charge in [-0.05, 0) is 5.57 Å². The second-order valence-electron chi connectivity index (χ2n) is 1.41. The maximum absolute atomic E-state index is 9.93. The van der Waals surface area contributed by atoms with Crippen molar-refractivity contribution in [2.24, 2.45) is 0 Å². The van der Waals surface area contributed by atoms with E-state index in [-0.39, 0.29) is 0 Å². The predicted octanol–water partition coefficient (Wildman–Crippen LogP) is 0.858. The Labute approximate surface area is 46.8 Å². The van der Waals surface area contributed by atoms with Crippen LogP contribution in [0.25, 0.3) is 0 Å². The Morgan fingerprint density at radius 1 is 1.86 bits per heavy atom. The van der Waals surface area contributed by atoms with Gasteiger partial charge in [-0.3, -0.25) is 4.79 Å². The molecule has 1 aliphatic rings. The number of carbonyl (C=O) groups is 1. The molecule has 2 heteroatoms. The van der Waals surface area contributed by atoms with Crippen molar-refractivity contribution in [1.82, 2.24) is 0 Å². The molecule has 1 nitrogen and oxygen atoms in total. The molecule has 0 saturated carbocycles. The molecule has 0 amide bonds. The largest absolute Gasteiger partial charge is 0.298 e. The van der Waals surface area contributed by atoms with Crippen LogP contribution in [0.15, 0.2) is 11.6 Å². The summed E-state index contributed by atoms with van der Waals surface area (Å²) in [5.41, 5.74) is 0.949. The van der Waals surface area contributed by atoms with Gasteiger partial charge in [0, 0.05) is 11.5 Å². The van der Waals surface area contributed by atoms with Crippen molar-refractivity contribution in [3.63, 3.8) is 0 Å². The lowest BCUT2D eigenvalue weighted by Crippen LogP contribution is -1.79. The molecule has 0 saturated heterocycles. The van der Waals surface area contributed by atoms with Gasteiger partial charge in [0.05, 0.1) is 0 Å². The molecule has 0 N–H and O–H groups in total. The SMILES string of the molecule is O=CC1=CCSC1. The quantitative estimate of drug-likeness (QED) is 0.470. The van der Waals surface area contributed by atoms with Gasteiger partial charge < -0.3 is 0 Å². The summed E-state index contributed by atoms with van der Waals surface area (Å²) in [6, 6.07) is 0. The monoisotopic (exact) mass is 114 g/mol. The number of hydrogen-bond donors (Lipinski definition) is 0. The van der Waals surface area contributed by atoms with Crippen LogP contribution in [0.4, 0.5) is 0 Å². The van der Waals surface area contributed by atoms with Gasteiger partial charge in [0.2, 0.25) is 0 Å². The van der Waals surface area contributed by atoms with E-state index in [0.717, 1.165) is 23.4 Å². The van der Waals surface area contributed by atoms with Crippen LogP contribution in [0.1, 0.15) is 0 Å². The normalized spacial score (nSPS) is 19.1. The number of carbonyl (C=O) groups excluding carboxylic acids is 1. The summed E-state index contributed by atoms with van der Waals surface area (Å²) >= 11 is 1.78. The third kappa shape index (κ3) is 1.06. The smallest absolute Gasteiger partial charge is 0.146 e. The minimum Gasteiger partial charge on any atom is -0.298 e. The van der Waals surface area contributed by atoms with Crippen molar-refractivity contribution < 1.29 is 4.79 Å². The second-order valence-corrected chi connectivity index (χ2v) is 2.44. The zero-order valence-electron chi connectivity index (χ0n) is 3.89. The highest BCUT2D eigenvalue weighted by Crippen LogP contribution is 2.13. The standard InChI is InChI=1S/C5H6OS/c6-3-5-1-2-7-4-5/h1,3H,2,4H2. The maximum Gasteiger partial charge on any atom is 0.146 e. The first kappa shape index (κ1) is 4.91. The minimum absolute atomic E-state index is 0.920. The van der Waals surface area contributed by atoms with Crippen LogP contribution in [0.3, 0.4) is 0 Å². The fourth-order valence-corrected chi connectivity index (χ4v) is 1.36. The topological polar surface area (TPSA) is 17.1 Å². The van der Waals surface area contributed by atoms with E-state index in [1.807, 2.05) is 6.08 Å². The summed E-state index contributed by atoms with van der Waals surface area (Å²) in [4.78, 5) is 9.93. The summed E-state index contributed by atoms with van der Waals surface area (Å²) in [6.45, 7) is 0. The first-order valence-corrected chi connectivity index (χ1v) is 3.31. The fourth-order valence-electron chi connectivity index (χ4n) is 0.484. The van der Waals surface area contributed by atoms with E-state index in [9.17, 15) is 4.79 Å². The van der Waals surface area contributed by atoms with Crippen molar-refractivity contribution in [2.45, 2.75) is 0 Å². The number of hydrogen-bond acceptors (Lipinski definition) is 2. The minimum atomic E-state index is 0.920. The summed E-state index contributed by atoms with van der Waals surface area (Å²) in [5.74, 6) is 1.94. The molecule has 0 aliphatic carbocycles. The van der Waals surface area contributed by atoms with Crippen LogP contribution >= 0.6 is 11.8 Å². The molecule has 0 aromatic carbocycles. The molecule has 0 spiro atoms. The van der Waals surface area contributed by atoms with Gasteiger partial charge in [0.25, 0.3) is 0 Å². The van der Waals surface area contributed by atoms with Gasteiger partial charge in [-0.2, -0.15) is 11.8 Å².